The second kappa shape index (κ2) is 12.7. The van der Waals surface area contributed by atoms with E-state index in [0.717, 1.165) is 17.6 Å². The number of carbonyl (C=O) groups excluding carboxylic acids is 1. The largest absolute Gasteiger partial charge is 0.489 e. The van der Waals surface area contributed by atoms with Crippen molar-refractivity contribution in [2.75, 3.05) is 39.9 Å². The van der Waals surface area contributed by atoms with E-state index >= 15 is 0 Å². The number of hydrogen-bond acceptors (Lipinski definition) is 9. The molecule has 41 heavy (non-hydrogen) atoms. The Morgan fingerprint density at radius 2 is 1.98 bits per heavy atom. The number of ether oxygens (including phenoxy) is 2. The normalized spacial score (nSPS) is 14.9. The molecule has 1 N–H and O–H groups in total. The van der Waals surface area contributed by atoms with Gasteiger partial charge in [-0.25, -0.2) is 14.5 Å². The van der Waals surface area contributed by atoms with Crippen LogP contribution in [-0.4, -0.2) is 87.6 Å². The van der Waals surface area contributed by atoms with Crippen LogP contribution in [0.5, 0.6) is 11.6 Å². The molecule has 1 saturated heterocycles. The lowest BCUT2D eigenvalue weighted by Crippen LogP contribution is -2.35. The third-order valence-corrected chi connectivity index (χ3v) is 6.67. The number of nitriles is 1. The Bertz CT molecular complexity index is 1510. The molecule has 4 rings (SSSR count). The van der Waals surface area contributed by atoms with Crippen molar-refractivity contribution in [3.8, 4) is 17.7 Å². The van der Waals surface area contributed by atoms with Gasteiger partial charge in [-0.05, 0) is 57.7 Å². The molecule has 1 aliphatic heterocycles. The zero-order chi connectivity index (χ0) is 29.6. The van der Waals surface area contributed by atoms with E-state index in [2.05, 4.69) is 32.8 Å². The predicted octanol–water partition coefficient (Wildman–Crippen LogP) is 3.55. The fraction of sp³-hybridized carbons (Fsp3) is 0.367. The van der Waals surface area contributed by atoms with E-state index in [-0.39, 0.29) is 12.5 Å². The monoisotopic (exact) mass is 557 g/mol. The topological polar surface area (TPSA) is 129 Å². The Balaban J connectivity index is 1.54. The number of aromatic nitrogens is 3. The Morgan fingerprint density at radius 3 is 2.63 bits per heavy atom. The summed E-state index contributed by atoms with van der Waals surface area (Å²) in [5.74, 6) is 1.60. The smallest absolute Gasteiger partial charge is 0.255 e. The van der Waals surface area contributed by atoms with E-state index < -0.39 is 5.60 Å². The van der Waals surface area contributed by atoms with Gasteiger partial charge in [-0.2, -0.15) is 10.4 Å². The van der Waals surface area contributed by atoms with Gasteiger partial charge in [0, 0.05) is 44.0 Å². The highest BCUT2D eigenvalue weighted by molar-refractivity contribution is 5.94. The Hall–Kier alpha value is -4.69. The maximum atomic E-state index is 13.0. The van der Waals surface area contributed by atoms with Gasteiger partial charge >= 0.3 is 0 Å². The van der Waals surface area contributed by atoms with Gasteiger partial charge in [-0.15, -0.1) is 0 Å². The minimum atomic E-state index is -1.01. The molecule has 4 heterocycles. The minimum Gasteiger partial charge on any atom is -0.489 e. The summed E-state index contributed by atoms with van der Waals surface area (Å²) in [5.41, 5.74) is 2.25. The van der Waals surface area contributed by atoms with E-state index in [0.29, 0.717) is 60.3 Å². The van der Waals surface area contributed by atoms with Crippen LogP contribution in [0.1, 0.15) is 48.7 Å². The van der Waals surface area contributed by atoms with Crippen molar-refractivity contribution >= 4 is 23.7 Å². The Kier molecular flexibility index (Phi) is 9.04. The lowest BCUT2D eigenvalue weighted by molar-refractivity contribution is 0.0283. The zero-order valence-electron chi connectivity index (χ0n) is 23.9. The molecule has 0 spiro atoms. The first-order chi connectivity index (χ1) is 19.6. The van der Waals surface area contributed by atoms with Crippen molar-refractivity contribution in [1.29, 1.82) is 5.26 Å². The first-order valence-electron chi connectivity index (χ1n) is 13.3. The maximum absolute atomic E-state index is 13.0. The maximum Gasteiger partial charge on any atom is 0.255 e. The number of fused-ring (bicyclic) bond motifs is 1. The van der Waals surface area contributed by atoms with Crippen LogP contribution in [0.3, 0.4) is 0 Å². The fourth-order valence-corrected chi connectivity index (χ4v) is 4.53. The molecule has 0 aliphatic carbocycles. The number of aliphatic hydroxyl groups is 1. The van der Waals surface area contributed by atoms with Crippen LogP contribution < -0.4 is 9.47 Å². The molecule has 3 aromatic heterocycles. The van der Waals surface area contributed by atoms with Gasteiger partial charge in [-0.1, -0.05) is 6.08 Å². The zero-order valence-corrected chi connectivity index (χ0v) is 23.9. The number of hydrogen-bond donors (Lipinski definition) is 1. The van der Waals surface area contributed by atoms with Gasteiger partial charge < -0.3 is 24.4 Å². The summed E-state index contributed by atoms with van der Waals surface area (Å²) in [6.45, 7) is 11.6. The van der Waals surface area contributed by atoms with E-state index in [4.69, 9.17) is 9.47 Å². The van der Waals surface area contributed by atoms with E-state index in [1.807, 2.05) is 30.0 Å². The molecule has 0 aromatic carbocycles. The molecule has 0 saturated carbocycles. The second-order valence-corrected chi connectivity index (χ2v) is 10.4. The van der Waals surface area contributed by atoms with Crippen molar-refractivity contribution in [2.24, 2.45) is 4.99 Å². The van der Waals surface area contributed by atoms with Crippen molar-refractivity contribution in [1.82, 2.24) is 24.4 Å². The molecule has 0 atom stereocenters. The molecule has 11 heteroatoms. The van der Waals surface area contributed by atoms with Gasteiger partial charge in [0.2, 0.25) is 5.88 Å². The van der Waals surface area contributed by atoms with Crippen LogP contribution in [0, 0.1) is 11.3 Å². The summed E-state index contributed by atoms with van der Waals surface area (Å²) in [6, 6.07) is 7.45. The van der Waals surface area contributed by atoms with Gasteiger partial charge in [0.1, 0.15) is 24.2 Å². The van der Waals surface area contributed by atoms with Crippen LogP contribution in [0.15, 0.2) is 59.8 Å². The molecule has 3 aromatic rings. The molecule has 1 aliphatic rings. The van der Waals surface area contributed by atoms with Crippen molar-refractivity contribution in [3.05, 3.63) is 71.5 Å². The molecule has 0 bridgehead atoms. The summed E-state index contributed by atoms with van der Waals surface area (Å²) < 4.78 is 12.5. The van der Waals surface area contributed by atoms with Crippen molar-refractivity contribution in [2.45, 2.75) is 32.8 Å². The third kappa shape index (κ3) is 7.10. The van der Waals surface area contributed by atoms with Gasteiger partial charge in [0.05, 0.1) is 41.7 Å². The highest BCUT2D eigenvalue weighted by Crippen LogP contribution is 2.28. The molecule has 1 amide bonds. The van der Waals surface area contributed by atoms with Crippen LogP contribution in [0.25, 0.3) is 11.1 Å². The summed E-state index contributed by atoms with van der Waals surface area (Å²) in [7, 11) is 1.54. The summed E-state index contributed by atoms with van der Waals surface area (Å²) in [6.07, 6.45) is 9.32. The SMILES string of the molecule is C=N/C(=C\C=C(/C)c1cc(OCC(C)(C)O)cn2ncc(C#N)c12)N1CCCN(C(=O)c2ccc(OC)nc2)CC1. The molecule has 1 fully saturated rings. The first kappa shape index (κ1) is 29.3. The number of carbonyl (C=O) groups is 1. The molecule has 0 radical (unpaired) electrons. The molecule has 11 nitrogen and oxygen atoms in total. The quantitative estimate of drug-likeness (QED) is 0.312. The Labute approximate surface area is 239 Å². The van der Waals surface area contributed by atoms with Crippen LogP contribution in [-0.2, 0) is 0 Å². The summed E-state index contributed by atoms with van der Waals surface area (Å²) in [4.78, 5) is 25.4. The number of aliphatic imine (C=N–C) groups is 1. The van der Waals surface area contributed by atoms with Gasteiger partial charge in [-0.3, -0.25) is 4.79 Å². The number of methoxy groups -OCH3 is 1. The minimum absolute atomic E-state index is 0.0698. The second-order valence-electron chi connectivity index (χ2n) is 10.4. The average molecular weight is 558 g/mol. The lowest BCUT2D eigenvalue weighted by atomic mass is 10.0. The summed E-state index contributed by atoms with van der Waals surface area (Å²) in [5, 5.41) is 24.1. The number of nitrogens with zero attached hydrogens (tertiary/aromatic N) is 7. The number of allylic oxidation sites excluding steroid dienone is 3. The Morgan fingerprint density at radius 1 is 1.22 bits per heavy atom. The van der Waals surface area contributed by atoms with Crippen LogP contribution >= 0.6 is 0 Å². The standard InChI is InChI=1S/C30H35N7O4/c1-21(25-15-24(41-20-30(2,3)39)19-37-28(25)23(16-31)18-34-37)7-9-26(32-4)35-11-6-12-36(14-13-35)29(38)22-8-10-27(40-5)33-17-22/h7-10,15,17-19,39H,4,6,11-14,20H2,1-3,5H3/b21-7+,26-9+. The van der Waals surface area contributed by atoms with E-state index in [9.17, 15) is 15.2 Å². The van der Waals surface area contributed by atoms with Crippen molar-refractivity contribution < 1.29 is 19.4 Å². The summed E-state index contributed by atoms with van der Waals surface area (Å²) >= 11 is 0. The molecular weight excluding hydrogens is 522 g/mol. The third-order valence-electron chi connectivity index (χ3n) is 6.67. The van der Waals surface area contributed by atoms with Crippen LogP contribution in [0.2, 0.25) is 0 Å². The fourth-order valence-electron chi connectivity index (χ4n) is 4.53. The van der Waals surface area contributed by atoms with E-state index in [1.54, 1.807) is 36.7 Å². The predicted molar refractivity (Wildman–Crippen MR) is 156 cm³/mol. The number of amides is 1. The van der Waals surface area contributed by atoms with Gasteiger partial charge in [0.15, 0.2) is 0 Å². The van der Waals surface area contributed by atoms with Crippen molar-refractivity contribution in [3.63, 3.8) is 0 Å². The first-order valence-corrected chi connectivity index (χ1v) is 13.3. The lowest BCUT2D eigenvalue weighted by Gasteiger charge is -2.23. The van der Waals surface area contributed by atoms with Gasteiger partial charge in [0.25, 0.3) is 5.91 Å². The molecular formula is C30H35N7O4. The molecule has 214 valence electrons. The van der Waals surface area contributed by atoms with Crippen LogP contribution in [0.4, 0.5) is 0 Å². The number of pyridine rings is 2. The highest BCUT2D eigenvalue weighted by atomic mass is 16.5. The average Bonchev–Trinajstić information content (AvgIpc) is 3.23. The van der Waals surface area contributed by atoms with E-state index in [1.165, 1.54) is 19.5 Å². The highest BCUT2D eigenvalue weighted by Gasteiger charge is 2.22. The number of rotatable bonds is 9. The molecule has 0 unspecified atom stereocenters.